The molecule has 101 heavy (non-hydrogen) atoms. The first kappa shape index (κ1) is 78.6. The van der Waals surface area contributed by atoms with Crippen molar-refractivity contribution in [2.24, 2.45) is 11.7 Å². The van der Waals surface area contributed by atoms with Gasteiger partial charge in [-0.1, -0.05) is 26.8 Å². The number of methoxy groups -OCH3 is 1. The van der Waals surface area contributed by atoms with Crippen molar-refractivity contribution >= 4 is 64.2 Å². The highest BCUT2D eigenvalue weighted by Gasteiger charge is 2.51. The number of carbonyl (C=O) groups is 8. The Bertz CT molecular complexity index is 3680. The molecule has 0 saturated carbocycles. The highest BCUT2D eigenvalue weighted by molar-refractivity contribution is 6.01. The summed E-state index contributed by atoms with van der Waals surface area (Å²) in [5.74, 6) is -7.49. The number of carboxylic acid groups (broad SMARTS) is 1. The van der Waals surface area contributed by atoms with Crippen LogP contribution in [0.25, 0.3) is 22.3 Å². The van der Waals surface area contributed by atoms with E-state index in [1.165, 1.54) is 41.8 Å². The molecule has 4 aliphatic rings. The third-order valence-corrected chi connectivity index (χ3v) is 17.4. The molecule has 0 spiro atoms. The number of nitrogens with two attached hydrogens (primary N) is 1. The van der Waals surface area contributed by atoms with Crippen molar-refractivity contribution in [2.45, 2.75) is 142 Å². The number of rotatable bonds is 41. The van der Waals surface area contributed by atoms with E-state index in [-0.39, 0.29) is 110 Å². The van der Waals surface area contributed by atoms with Gasteiger partial charge in [-0.25, -0.2) is 19.0 Å². The Balaban J connectivity index is 0.913. The lowest BCUT2D eigenvalue weighted by atomic mass is 9.81. The van der Waals surface area contributed by atoms with E-state index in [9.17, 15) is 43.2 Å². The molecule has 32 heteroatoms. The van der Waals surface area contributed by atoms with Gasteiger partial charge in [0.1, 0.15) is 31.1 Å². The maximum Gasteiger partial charge on any atom is 0.510 e. The molecule has 31 nitrogen and oxygen atoms in total. The van der Waals surface area contributed by atoms with Gasteiger partial charge in [0.2, 0.25) is 23.3 Å². The number of hydrogen-bond donors (Lipinski definition) is 7. The molecule has 8 rings (SSSR count). The minimum atomic E-state index is -2.27. The number of pyridine rings is 2. The van der Waals surface area contributed by atoms with Gasteiger partial charge in [0.25, 0.3) is 17.4 Å². The Kier molecular flexibility index (Phi) is 28.9. The average molecular weight is 1420 g/mol. The summed E-state index contributed by atoms with van der Waals surface area (Å²) < 4.78 is 89.5. The topological polar surface area (TPSA) is 398 Å². The molecule has 1 aliphatic carbocycles. The number of nitrogens with one attached hydrogen (secondary N) is 5. The van der Waals surface area contributed by atoms with Gasteiger partial charge in [0.05, 0.1) is 147 Å². The Morgan fingerprint density at radius 3 is 2.01 bits per heavy atom. The Hall–Kier alpha value is -8.15. The molecule has 8 N–H and O–H groups in total. The fourth-order valence-corrected chi connectivity index (χ4v) is 12.0. The van der Waals surface area contributed by atoms with E-state index >= 15 is 4.39 Å². The molecule has 4 aromatic rings. The lowest BCUT2D eigenvalue weighted by Crippen LogP contribution is -2.56. The fourth-order valence-electron chi connectivity index (χ4n) is 12.0. The van der Waals surface area contributed by atoms with Crippen molar-refractivity contribution in [2.75, 3.05) is 125 Å². The lowest BCUT2D eigenvalue weighted by molar-refractivity contribution is -0.175. The van der Waals surface area contributed by atoms with Crippen LogP contribution in [0.4, 0.5) is 14.9 Å². The number of aliphatic carboxylic acids is 1. The van der Waals surface area contributed by atoms with E-state index in [0.717, 1.165) is 5.56 Å². The summed E-state index contributed by atoms with van der Waals surface area (Å²) in [5.41, 5.74) is 6.25. The van der Waals surface area contributed by atoms with Crippen molar-refractivity contribution in [3.05, 3.63) is 91.0 Å². The molecule has 1 saturated heterocycles. The van der Waals surface area contributed by atoms with Gasteiger partial charge in [0.15, 0.2) is 11.9 Å². The van der Waals surface area contributed by atoms with E-state index in [1.807, 2.05) is 0 Å². The fraction of sp³-hybridized carbons (Fsp3) is 0.594. The maximum atomic E-state index is 15.8. The average Bonchev–Trinajstić information content (AvgIpc) is 1.61. The largest absolute Gasteiger partial charge is 0.510 e. The maximum absolute atomic E-state index is 15.8. The second kappa shape index (κ2) is 37.2. The smallest absolute Gasteiger partial charge is 0.481 e. The molecule has 6 atom stereocenters. The van der Waals surface area contributed by atoms with Gasteiger partial charge in [-0.15, -0.1) is 0 Å². The zero-order chi connectivity index (χ0) is 73.0. The van der Waals surface area contributed by atoms with Crippen LogP contribution in [-0.2, 0) is 122 Å². The Morgan fingerprint density at radius 2 is 1.43 bits per heavy atom. The summed E-state index contributed by atoms with van der Waals surface area (Å²) in [4.78, 5) is 127. The first-order valence-corrected chi connectivity index (χ1v) is 33.8. The third-order valence-electron chi connectivity index (χ3n) is 17.4. The summed E-state index contributed by atoms with van der Waals surface area (Å²) in [6, 6.07) is 2.70. The number of benzene rings is 2. The van der Waals surface area contributed by atoms with Crippen molar-refractivity contribution in [1.82, 2.24) is 30.8 Å². The minimum absolute atomic E-state index is 0.00208. The molecule has 0 radical (unpaired) electrons. The van der Waals surface area contributed by atoms with Crippen LogP contribution in [0, 0.1) is 18.7 Å². The number of carbonyl (C=O) groups excluding carboxylic acids is 7. The summed E-state index contributed by atoms with van der Waals surface area (Å²) >= 11 is 0. The standard InChI is InChI=1S/C69H93FN8O23/c1-9-69(48-33-53-59-46(35-78(53)65(86)47(48)37-97-66(69)87)57-51(76-63(84)54-38-99-68(6,7)100-54)14-12-44-40(4)49(70)34-52(75-59)56(44)57)101-67(88)98-36-42-10-11-43(74-60(81)41(5)73-64(85)58(39(2)3)77-62(83)50(71)13-15-55(79)80)32-45(42)61(82)72-16-17-90-20-21-92-24-25-94-28-29-96-31-30-95-27-26-93-23-22-91-19-18-89-8/h10-11,32-34,39,41,50-51,54,58H,9,12-31,35-38,71H2,1-8H3,(H,72,82)(H,73,85)(H,74,81)(H,76,84)(H,77,83)(H,79,80)/t41-,50-,51-,54?,58-,69-/m0/s1. The van der Waals surface area contributed by atoms with Crippen LogP contribution in [-0.4, -0.2) is 212 Å². The first-order valence-electron chi connectivity index (χ1n) is 33.8. The van der Waals surface area contributed by atoms with Gasteiger partial charge in [0, 0.05) is 59.5 Å². The minimum Gasteiger partial charge on any atom is -0.481 e. The molecule has 0 bridgehead atoms. The molecule has 5 heterocycles. The monoisotopic (exact) mass is 1420 g/mol. The number of anilines is 1. The number of fused-ring (bicyclic) bond motifs is 5. The van der Waals surface area contributed by atoms with E-state index in [4.69, 9.17) is 77.4 Å². The summed E-state index contributed by atoms with van der Waals surface area (Å²) in [6.07, 6.45) is -2.33. The van der Waals surface area contributed by atoms with Crippen LogP contribution in [0.2, 0.25) is 0 Å². The number of aryl methyl sites for hydroxylation is 1. The molecular weight excluding hydrogens is 1330 g/mol. The first-order chi connectivity index (χ1) is 48.4. The number of amides is 5. The van der Waals surface area contributed by atoms with Crippen LogP contribution in [0.3, 0.4) is 0 Å². The normalized spacial score (nSPS) is 18.0. The van der Waals surface area contributed by atoms with Crippen molar-refractivity contribution < 1.29 is 109 Å². The highest BCUT2D eigenvalue weighted by atomic mass is 19.1. The van der Waals surface area contributed by atoms with Gasteiger partial charge in [-0.05, 0) is 94.2 Å². The zero-order valence-electron chi connectivity index (χ0n) is 58.3. The molecular formula is C69H93FN8O23. The number of esters is 1. The van der Waals surface area contributed by atoms with E-state index in [0.29, 0.717) is 108 Å². The van der Waals surface area contributed by atoms with E-state index in [2.05, 4.69) is 26.6 Å². The second-order valence-corrected chi connectivity index (χ2v) is 25.2. The van der Waals surface area contributed by atoms with Gasteiger partial charge in [-0.2, -0.15) is 0 Å². The van der Waals surface area contributed by atoms with Crippen LogP contribution in [0.5, 0.6) is 0 Å². The summed E-state index contributed by atoms with van der Waals surface area (Å²) in [6.45, 7) is 15.6. The van der Waals surface area contributed by atoms with E-state index < -0.39 is 120 Å². The number of ether oxygens (including phenoxy) is 13. The number of cyclic esters (lactones) is 1. The molecule has 1 unspecified atom stereocenters. The van der Waals surface area contributed by atoms with Crippen LogP contribution < -0.4 is 37.9 Å². The molecule has 554 valence electrons. The number of aromatic nitrogens is 2. The van der Waals surface area contributed by atoms with Crippen LogP contribution in [0.15, 0.2) is 35.1 Å². The van der Waals surface area contributed by atoms with Gasteiger partial charge in [-0.3, -0.25) is 33.6 Å². The van der Waals surface area contributed by atoms with Crippen molar-refractivity contribution in [3.8, 4) is 11.4 Å². The van der Waals surface area contributed by atoms with Crippen LogP contribution >= 0.6 is 0 Å². The molecule has 2 aromatic carbocycles. The SMILES string of the molecule is CC[C@@]1(OC(=O)OCc2ccc(NC(=O)[C@H](C)NC(=O)[C@@H](NC(=O)[C@@H](N)CCC(=O)O)C(C)C)cc2C(=O)NCCOCCOCCOCCOCCOCCOCCOCCOC)C(=O)OCc2c1cc1n(c2=O)Cc2c-1nc1cc(F)c(C)c3c1c2[C@@H](NC(=O)C1COC(C)(C)O1)CC3. The molecule has 2 aromatic heterocycles. The van der Waals surface area contributed by atoms with Crippen molar-refractivity contribution in [3.63, 3.8) is 0 Å². The number of hydrogen-bond acceptors (Lipinski definition) is 24. The summed E-state index contributed by atoms with van der Waals surface area (Å²) in [5, 5.41) is 23.3. The van der Waals surface area contributed by atoms with Gasteiger partial charge >= 0.3 is 18.1 Å². The Labute approximate surface area is 583 Å². The summed E-state index contributed by atoms with van der Waals surface area (Å²) in [7, 11) is 1.61. The number of halogens is 1. The Morgan fingerprint density at radius 1 is 0.802 bits per heavy atom. The number of nitrogens with zero attached hydrogens (tertiary/aromatic N) is 2. The molecule has 1 fully saturated rings. The quantitative estimate of drug-likeness (QED) is 0.0218. The van der Waals surface area contributed by atoms with E-state index in [1.54, 1.807) is 48.7 Å². The predicted octanol–water partition coefficient (Wildman–Crippen LogP) is 3.41. The lowest BCUT2D eigenvalue weighted by Gasteiger charge is -2.35. The second-order valence-electron chi connectivity index (χ2n) is 25.2. The highest BCUT2D eigenvalue weighted by Crippen LogP contribution is 2.47. The molecule has 5 amide bonds. The zero-order valence-corrected chi connectivity index (χ0v) is 58.3. The van der Waals surface area contributed by atoms with Crippen LogP contribution in [0.1, 0.15) is 123 Å². The molecule has 3 aliphatic heterocycles. The number of carboxylic acids is 1. The predicted molar refractivity (Wildman–Crippen MR) is 357 cm³/mol. The third kappa shape index (κ3) is 20.6. The van der Waals surface area contributed by atoms with Crippen molar-refractivity contribution in [1.29, 1.82) is 0 Å². The van der Waals surface area contributed by atoms with Gasteiger partial charge < -0.3 is 104 Å².